The molecule has 0 saturated carbocycles. The Morgan fingerprint density at radius 3 is 2.36 bits per heavy atom. The van der Waals surface area contributed by atoms with Gasteiger partial charge in [0.1, 0.15) is 17.1 Å². The second kappa shape index (κ2) is 6.19. The highest BCUT2D eigenvalue weighted by atomic mass is 16.5. The van der Waals surface area contributed by atoms with E-state index in [2.05, 4.69) is 0 Å². The number of hydrogen-bond acceptors (Lipinski definition) is 5. The molecule has 0 aliphatic carbocycles. The van der Waals surface area contributed by atoms with Gasteiger partial charge in [0.15, 0.2) is 11.5 Å². The molecule has 1 aromatic heterocycles. The van der Waals surface area contributed by atoms with Gasteiger partial charge in [0, 0.05) is 18.7 Å². The van der Waals surface area contributed by atoms with E-state index >= 15 is 0 Å². The molecule has 2 aromatic carbocycles. The molecule has 4 rings (SSSR count). The SMILES string of the molecule is COc1ccc2c(=O)c3c(OC)cc4c(c3n(C)c2c1OC)C=CC(C)(C)O4. The molecule has 0 radical (unpaired) electrons. The van der Waals surface area contributed by atoms with Crippen molar-refractivity contribution in [3.8, 4) is 23.0 Å². The van der Waals surface area contributed by atoms with Gasteiger partial charge in [-0.3, -0.25) is 4.79 Å². The molecule has 6 nitrogen and oxygen atoms in total. The summed E-state index contributed by atoms with van der Waals surface area (Å²) in [6.45, 7) is 3.97. The van der Waals surface area contributed by atoms with Crippen LogP contribution in [-0.2, 0) is 7.05 Å². The van der Waals surface area contributed by atoms with Crippen molar-refractivity contribution >= 4 is 27.9 Å². The third-order valence-corrected chi connectivity index (χ3v) is 5.17. The van der Waals surface area contributed by atoms with E-state index in [1.807, 2.05) is 37.6 Å². The van der Waals surface area contributed by atoms with Crippen LogP contribution in [0.15, 0.2) is 29.1 Å². The zero-order valence-electron chi connectivity index (χ0n) is 16.9. The normalized spacial score (nSPS) is 14.6. The number of fused-ring (bicyclic) bond motifs is 4. The van der Waals surface area contributed by atoms with Crippen LogP contribution < -0.4 is 24.4 Å². The second-order valence-corrected chi connectivity index (χ2v) is 7.34. The van der Waals surface area contributed by atoms with Crippen molar-refractivity contribution in [3.63, 3.8) is 0 Å². The van der Waals surface area contributed by atoms with Crippen LogP contribution in [0.3, 0.4) is 0 Å². The largest absolute Gasteiger partial charge is 0.496 e. The zero-order chi connectivity index (χ0) is 20.2. The van der Waals surface area contributed by atoms with Crippen LogP contribution in [0.1, 0.15) is 19.4 Å². The zero-order valence-corrected chi connectivity index (χ0v) is 16.9. The number of aryl methyl sites for hydroxylation is 1. The summed E-state index contributed by atoms with van der Waals surface area (Å²) in [5.74, 6) is 2.23. The lowest BCUT2D eigenvalue weighted by molar-refractivity contribution is 0.159. The molecule has 0 amide bonds. The van der Waals surface area contributed by atoms with E-state index in [9.17, 15) is 4.79 Å². The van der Waals surface area contributed by atoms with Gasteiger partial charge >= 0.3 is 0 Å². The van der Waals surface area contributed by atoms with Crippen LogP contribution >= 0.6 is 0 Å². The van der Waals surface area contributed by atoms with Gasteiger partial charge in [0.05, 0.1) is 43.1 Å². The molecular formula is C22H23NO5. The Morgan fingerprint density at radius 2 is 1.71 bits per heavy atom. The van der Waals surface area contributed by atoms with Crippen LogP contribution in [0.5, 0.6) is 23.0 Å². The Balaban J connectivity index is 2.27. The lowest BCUT2D eigenvalue weighted by atomic mass is 9.98. The smallest absolute Gasteiger partial charge is 0.201 e. The summed E-state index contributed by atoms with van der Waals surface area (Å²) < 4.78 is 24.7. The van der Waals surface area contributed by atoms with E-state index in [1.54, 1.807) is 39.5 Å². The molecule has 28 heavy (non-hydrogen) atoms. The Kier molecular flexibility index (Phi) is 4.03. The molecule has 3 aromatic rings. The van der Waals surface area contributed by atoms with Crippen molar-refractivity contribution in [2.45, 2.75) is 19.4 Å². The fourth-order valence-electron chi connectivity index (χ4n) is 3.89. The number of ether oxygens (including phenoxy) is 4. The van der Waals surface area contributed by atoms with Gasteiger partial charge in [-0.15, -0.1) is 0 Å². The number of benzene rings is 2. The average Bonchev–Trinajstić information content (AvgIpc) is 2.68. The third kappa shape index (κ3) is 2.44. The summed E-state index contributed by atoms with van der Waals surface area (Å²) in [5.41, 5.74) is 1.66. The van der Waals surface area contributed by atoms with Crippen molar-refractivity contribution in [1.29, 1.82) is 0 Å². The number of hydrogen-bond donors (Lipinski definition) is 0. The minimum atomic E-state index is -0.442. The Bertz CT molecular complexity index is 1200. The molecule has 0 saturated heterocycles. The highest BCUT2D eigenvalue weighted by molar-refractivity contribution is 6.04. The van der Waals surface area contributed by atoms with Crippen molar-refractivity contribution in [1.82, 2.24) is 4.57 Å². The summed E-state index contributed by atoms with van der Waals surface area (Å²) in [6.07, 6.45) is 3.98. The minimum Gasteiger partial charge on any atom is -0.496 e. The molecule has 0 N–H and O–H groups in total. The first-order chi connectivity index (χ1) is 13.3. The van der Waals surface area contributed by atoms with E-state index in [0.717, 1.165) is 11.1 Å². The van der Waals surface area contributed by atoms with Crippen LogP contribution in [0.4, 0.5) is 0 Å². The van der Waals surface area contributed by atoms with Crippen LogP contribution in [-0.4, -0.2) is 31.5 Å². The number of nitrogens with zero attached hydrogens (tertiary/aromatic N) is 1. The third-order valence-electron chi connectivity index (χ3n) is 5.17. The maximum Gasteiger partial charge on any atom is 0.201 e. The van der Waals surface area contributed by atoms with E-state index in [4.69, 9.17) is 18.9 Å². The molecule has 1 aliphatic rings. The standard InChI is InChI=1S/C22H23NO5/c1-22(2)10-9-12-15(28-22)11-16(26-5)17-18(12)23(3)19-13(20(17)24)7-8-14(25-4)21(19)27-6/h7-11H,1-6H3. The van der Waals surface area contributed by atoms with Crippen LogP contribution in [0, 0.1) is 0 Å². The lowest BCUT2D eigenvalue weighted by Gasteiger charge is -2.29. The number of methoxy groups -OCH3 is 3. The topological polar surface area (TPSA) is 58.9 Å². The summed E-state index contributed by atoms with van der Waals surface area (Å²) in [7, 11) is 6.60. The average molecular weight is 381 g/mol. The second-order valence-electron chi connectivity index (χ2n) is 7.34. The van der Waals surface area contributed by atoms with E-state index < -0.39 is 5.60 Å². The Morgan fingerprint density at radius 1 is 1.00 bits per heavy atom. The highest BCUT2D eigenvalue weighted by Gasteiger charge is 2.28. The monoisotopic (exact) mass is 381 g/mol. The maximum absolute atomic E-state index is 13.4. The van der Waals surface area contributed by atoms with Crippen molar-refractivity contribution < 1.29 is 18.9 Å². The summed E-state index contributed by atoms with van der Waals surface area (Å²) in [4.78, 5) is 13.4. The fourth-order valence-corrected chi connectivity index (χ4v) is 3.89. The quantitative estimate of drug-likeness (QED) is 0.644. The highest BCUT2D eigenvalue weighted by Crippen LogP contribution is 2.42. The molecule has 0 unspecified atom stereocenters. The molecule has 1 aliphatic heterocycles. The van der Waals surface area contributed by atoms with Gasteiger partial charge < -0.3 is 23.5 Å². The molecule has 0 atom stereocenters. The molecule has 6 heteroatoms. The van der Waals surface area contributed by atoms with Gasteiger partial charge in [-0.2, -0.15) is 0 Å². The van der Waals surface area contributed by atoms with Crippen LogP contribution in [0.25, 0.3) is 27.9 Å². The van der Waals surface area contributed by atoms with Gasteiger partial charge in [0.25, 0.3) is 0 Å². The molecule has 0 bridgehead atoms. The van der Waals surface area contributed by atoms with E-state index in [-0.39, 0.29) is 5.43 Å². The van der Waals surface area contributed by atoms with Gasteiger partial charge in [-0.25, -0.2) is 0 Å². The van der Waals surface area contributed by atoms with Crippen molar-refractivity contribution in [3.05, 3.63) is 40.1 Å². The first-order valence-electron chi connectivity index (χ1n) is 8.99. The van der Waals surface area contributed by atoms with Crippen LogP contribution in [0.2, 0.25) is 0 Å². The summed E-state index contributed by atoms with van der Waals surface area (Å²) in [6, 6.07) is 5.29. The molecule has 0 spiro atoms. The lowest BCUT2D eigenvalue weighted by Crippen LogP contribution is -2.28. The van der Waals surface area contributed by atoms with Crippen molar-refractivity contribution in [2.75, 3.05) is 21.3 Å². The summed E-state index contributed by atoms with van der Waals surface area (Å²) >= 11 is 0. The number of aromatic nitrogens is 1. The first-order valence-corrected chi connectivity index (χ1v) is 8.99. The molecular weight excluding hydrogens is 358 g/mol. The van der Waals surface area contributed by atoms with E-state index in [1.165, 1.54) is 0 Å². The molecule has 0 fully saturated rings. The van der Waals surface area contributed by atoms with Crippen molar-refractivity contribution in [2.24, 2.45) is 7.05 Å². The number of pyridine rings is 1. The summed E-state index contributed by atoms with van der Waals surface area (Å²) in [5, 5.41) is 1.04. The Hall–Kier alpha value is -3.15. The van der Waals surface area contributed by atoms with E-state index in [0.29, 0.717) is 39.3 Å². The maximum atomic E-state index is 13.4. The molecule has 2 heterocycles. The fraction of sp³-hybridized carbons (Fsp3) is 0.318. The Labute approximate surface area is 162 Å². The van der Waals surface area contributed by atoms with Gasteiger partial charge in [-0.1, -0.05) is 0 Å². The molecule has 146 valence electrons. The predicted octanol–water partition coefficient (Wildman–Crippen LogP) is 3.90. The van der Waals surface area contributed by atoms with Gasteiger partial charge in [-0.05, 0) is 38.1 Å². The minimum absolute atomic E-state index is 0.123. The van der Waals surface area contributed by atoms with Gasteiger partial charge in [0.2, 0.25) is 5.43 Å². The number of rotatable bonds is 3. The predicted molar refractivity (Wildman–Crippen MR) is 110 cm³/mol. The first kappa shape index (κ1) is 18.2.